The minimum Gasteiger partial charge on any atom is -0.497 e. The van der Waals surface area contributed by atoms with Crippen LogP contribution in [0, 0.1) is 0 Å². The zero-order chi connectivity index (χ0) is 19.1. The Balaban J connectivity index is 2.09. The lowest BCUT2D eigenvalue weighted by Gasteiger charge is -2.17. The number of carbonyl (C=O) groups excluding carboxylic acids is 1. The van der Waals surface area contributed by atoms with E-state index in [2.05, 4.69) is 5.32 Å². The highest BCUT2D eigenvalue weighted by Crippen LogP contribution is 2.29. The summed E-state index contributed by atoms with van der Waals surface area (Å²) in [5.74, 6) is -0.0435. The van der Waals surface area contributed by atoms with Gasteiger partial charge < -0.3 is 19.9 Å². The first-order chi connectivity index (χ1) is 12.5. The predicted molar refractivity (Wildman–Crippen MR) is 99.2 cm³/mol. The number of amides is 1. The van der Waals surface area contributed by atoms with E-state index in [0.29, 0.717) is 17.9 Å². The van der Waals surface area contributed by atoms with Crippen LogP contribution in [0.25, 0.3) is 0 Å². The molecule has 0 fully saturated rings. The van der Waals surface area contributed by atoms with Crippen molar-refractivity contribution in [3.8, 4) is 11.5 Å². The summed E-state index contributed by atoms with van der Waals surface area (Å²) < 4.78 is 10.3. The molecule has 2 rings (SSSR count). The molecule has 0 bridgehead atoms. The number of aromatic carboxylic acids is 1. The van der Waals surface area contributed by atoms with Gasteiger partial charge in [0.05, 0.1) is 25.5 Å². The second-order valence-corrected chi connectivity index (χ2v) is 5.85. The van der Waals surface area contributed by atoms with Crippen molar-refractivity contribution in [1.29, 1.82) is 0 Å². The Bertz CT molecular complexity index is 770. The number of carboxylic acids is 1. The molecule has 0 radical (unpaired) electrons. The van der Waals surface area contributed by atoms with Crippen molar-refractivity contribution in [3.05, 3.63) is 53.6 Å². The molecule has 0 heterocycles. The number of anilines is 1. The molecule has 26 heavy (non-hydrogen) atoms. The molecule has 1 atom stereocenters. The minimum atomic E-state index is -1.05. The minimum absolute atomic E-state index is 0.0743. The molecular formula is C20H23NO5. The number of carbonyl (C=O) groups is 2. The molecule has 6 heteroatoms. The number of hydrogen-bond acceptors (Lipinski definition) is 4. The van der Waals surface area contributed by atoms with Crippen LogP contribution in [-0.2, 0) is 4.79 Å². The molecule has 0 aliphatic heterocycles. The Hall–Kier alpha value is -3.02. The summed E-state index contributed by atoms with van der Waals surface area (Å²) in [4.78, 5) is 23.5. The third-order valence-electron chi connectivity index (χ3n) is 4.23. The number of nitrogens with one attached hydrogen (secondary N) is 1. The quantitative estimate of drug-likeness (QED) is 0.748. The van der Waals surface area contributed by atoms with E-state index in [1.807, 2.05) is 31.2 Å². The number of rotatable bonds is 8. The van der Waals surface area contributed by atoms with Gasteiger partial charge in [0.1, 0.15) is 11.5 Å². The number of ether oxygens (including phenoxy) is 2. The van der Waals surface area contributed by atoms with Gasteiger partial charge in [-0.15, -0.1) is 0 Å². The van der Waals surface area contributed by atoms with E-state index in [1.165, 1.54) is 25.3 Å². The van der Waals surface area contributed by atoms with Crippen molar-refractivity contribution in [2.45, 2.75) is 25.7 Å². The highest BCUT2D eigenvalue weighted by molar-refractivity contribution is 5.94. The first-order valence-electron chi connectivity index (χ1n) is 8.33. The van der Waals surface area contributed by atoms with Gasteiger partial charge in [-0.1, -0.05) is 19.1 Å². The van der Waals surface area contributed by atoms with Crippen molar-refractivity contribution in [2.75, 3.05) is 19.5 Å². The Morgan fingerprint density at radius 3 is 2.31 bits per heavy atom. The molecule has 1 unspecified atom stereocenters. The van der Waals surface area contributed by atoms with Crippen LogP contribution in [0.5, 0.6) is 11.5 Å². The van der Waals surface area contributed by atoms with Gasteiger partial charge in [0.25, 0.3) is 0 Å². The lowest BCUT2D eigenvalue weighted by molar-refractivity contribution is -0.116. The van der Waals surface area contributed by atoms with Crippen molar-refractivity contribution < 1.29 is 24.2 Å². The topological polar surface area (TPSA) is 84.9 Å². The van der Waals surface area contributed by atoms with Gasteiger partial charge in [-0.25, -0.2) is 4.79 Å². The summed E-state index contributed by atoms with van der Waals surface area (Å²) in [6, 6.07) is 12.0. The Morgan fingerprint density at radius 1 is 1.08 bits per heavy atom. The number of carboxylic acid groups (broad SMARTS) is 1. The summed E-state index contributed by atoms with van der Waals surface area (Å²) in [6.45, 7) is 2.03. The summed E-state index contributed by atoms with van der Waals surface area (Å²) in [5, 5.41) is 11.8. The zero-order valence-corrected chi connectivity index (χ0v) is 15.1. The lowest BCUT2D eigenvalue weighted by Crippen LogP contribution is -2.16. The Kier molecular flexibility index (Phi) is 6.60. The molecule has 2 N–H and O–H groups in total. The van der Waals surface area contributed by atoms with Crippen LogP contribution < -0.4 is 14.8 Å². The molecule has 0 aliphatic carbocycles. The monoisotopic (exact) mass is 357 g/mol. The van der Waals surface area contributed by atoms with Crippen LogP contribution in [0.1, 0.15) is 41.6 Å². The third-order valence-corrected chi connectivity index (χ3v) is 4.23. The van der Waals surface area contributed by atoms with Gasteiger partial charge in [0.2, 0.25) is 5.91 Å². The first-order valence-corrected chi connectivity index (χ1v) is 8.33. The predicted octanol–water partition coefficient (Wildman–Crippen LogP) is 3.92. The molecule has 6 nitrogen and oxygen atoms in total. The van der Waals surface area contributed by atoms with Crippen LogP contribution in [-0.4, -0.2) is 31.2 Å². The molecule has 0 saturated heterocycles. The van der Waals surface area contributed by atoms with Gasteiger partial charge in [-0.3, -0.25) is 4.79 Å². The van der Waals surface area contributed by atoms with E-state index >= 15 is 0 Å². The lowest BCUT2D eigenvalue weighted by atomic mass is 9.93. The molecule has 2 aromatic rings. The second-order valence-electron chi connectivity index (χ2n) is 5.85. The van der Waals surface area contributed by atoms with Gasteiger partial charge in [0, 0.05) is 6.42 Å². The Morgan fingerprint density at radius 2 is 1.77 bits per heavy atom. The number of methoxy groups -OCH3 is 2. The summed E-state index contributed by atoms with van der Waals surface area (Å²) in [6.07, 6.45) is 1.13. The van der Waals surface area contributed by atoms with E-state index in [9.17, 15) is 9.59 Å². The van der Waals surface area contributed by atoms with E-state index in [1.54, 1.807) is 7.11 Å². The van der Waals surface area contributed by atoms with Crippen LogP contribution in [0.2, 0.25) is 0 Å². The molecule has 0 spiro atoms. The highest BCUT2D eigenvalue weighted by atomic mass is 16.5. The average Bonchev–Trinajstić information content (AvgIpc) is 2.66. The van der Waals surface area contributed by atoms with Crippen LogP contribution >= 0.6 is 0 Å². The van der Waals surface area contributed by atoms with Crippen LogP contribution in [0.15, 0.2) is 42.5 Å². The fourth-order valence-corrected chi connectivity index (χ4v) is 2.73. The largest absolute Gasteiger partial charge is 0.497 e. The molecule has 0 aliphatic rings. The maximum absolute atomic E-state index is 12.5. The summed E-state index contributed by atoms with van der Waals surface area (Å²) in [5.41, 5.74) is 1.62. The van der Waals surface area contributed by atoms with Gasteiger partial charge in [-0.05, 0) is 48.2 Å². The van der Waals surface area contributed by atoms with E-state index in [4.69, 9.17) is 14.6 Å². The van der Waals surface area contributed by atoms with E-state index < -0.39 is 5.97 Å². The van der Waals surface area contributed by atoms with E-state index in [-0.39, 0.29) is 17.4 Å². The highest BCUT2D eigenvalue weighted by Gasteiger charge is 2.17. The standard InChI is InChI=1S/C20H23NO5/c1-4-13(14-5-8-16(25-2)9-6-14)12-19(22)21-17-10-7-15(20(23)24)11-18(17)26-3/h5-11,13H,4,12H2,1-3H3,(H,21,22)(H,23,24). The SMILES string of the molecule is CCC(CC(=O)Nc1ccc(C(=O)O)cc1OC)c1ccc(OC)cc1. The fraction of sp³-hybridized carbons (Fsp3) is 0.300. The first kappa shape index (κ1) is 19.3. The van der Waals surface area contributed by atoms with E-state index in [0.717, 1.165) is 17.7 Å². The van der Waals surface area contributed by atoms with Crippen LogP contribution in [0.4, 0.5) is 5.69 Å². The maximum Gasteiger partial charge on any atom is 0.335 e. The van der Waals surface area contributed by atoms with Crippen molar-refractivity contribution >= 4 is 17.6 Å². The maximum atomic E-state index is 12.5. The van der Waals surface area contributed by atoms with Crippen molar-refractivity contribution in [1.82, 2.24) is 0 Å². The molecule has 2 aromatic carbocycles. The average molecular weight is 357 g/mol. The normalized spacial score (nSPS) is 11.5. The smallest absolute Gasteiger partial charge is 0.335 e. The van der Waals surface area contributed by atoms with Gasteiger partial charge in [0.15, 0.2) is 0 Å². The number of benzene rings is 2. The van der Waals surface area contributed by atoms with Crippen molar-refractivity contribution in [3.63, 3.8) is 0 Å². The number of hydrogen-bond donors (Lipinski definition) is 2. The molecule has 0 aromatic heterocycles. The van der Waals surface area contributed by atoms with Gasteiger partial charge in [-0.2, -0.15) is 0 Å². The van der Waals surface area contributed by atoms with Crippen molar-refractivity contribution in [2.24, 2.45) is 0 Å². The molecular weight excluding hydrogens is 334 g/mol. The summed E-state index contributed by atoms with van der Waals surface area (Å²) in [7, 11) is 3.05. The van der Waals surface area contributed by atoms with Gasteiger partial charge >= 0.3 is 5.97 Å². The van der Waals surface area contributed by atoms with Crippen LogP contribution in [0.3, 0.4) is 0 Å². The molecule has 138 valence electrons. The summed E-state index contributed by atoms with van der Waals surface area (Å²) >= 11 is 0. The molecule has 1 amide bonds. The second kappa shape index (κ2) is 8.89. The Labute approximate surface area is 152 Å². The molecule has 0 saturated carbocycles. The zero-order valence-electron chi connectivity index (χ0n) is 15.1. The third kappa shape index (κ3) is 4.75. The fourth-order valence-electron chi connectivity index (χ4n) is 2.73.